The van der Waals surface area contributed by atoms with Crippen molar-refractivity contribution < 1.29 is 37.0 Å². The number of sulfonamides is 1. The molecule has 3 rings (SSSR count). The minimum Gasteiger partial charge on any atom is -0.497 e. The zero-order valence-corrected chi connectivity index (χ0v) is 19.6. The lowest BCUT2D eigenvalue weighted by molar-refractivity contribution is -0.143. The Morgan fingerprint density at radius 1 is 1.12 bits per heavy atom. The number of fused-ring (bicyclic) bond motifs is 1. The number of carbonyl (C=O) groups is 2. The number of primary amides is 1. The van der Waals surface area contributed by atoms with Gasteiger partial charge in [-0.25, -0.2) is 8.42 Å². The van der Waals surface area contributed by atoms with E-state index < -0.39 is 34.5 Å². The summed E-state index contributed by atoms with van der Waals surface area (Å²) in [6.45, 7) is 3.73. The topological polar surface area (TPSA) is 134 Å². The summed E-state index contributed by atoms with van der Waals surface area (Å²) in [7, 11) is -2.80. The Morgan fingerprint density at radius 2 is 1.76 bits per heavy atom. The highest BCUT2D eigenvalue weighted by molar-refractivity contribution is 7.89. The molecule has 0 spiro atoms. The number of hydrogen-bond donors (Lipinski definition) is 1. The van der Waals surface area contributed by atoms with Gasteiger partial charge in [-0.3, -0.25) is 9.59 Å². The fraction of sp³-hybridized carbons (Fsp3) is 0.364. The van der Waals surface area contributed by atoms with Crippen LogP contribution in [0.15, 0.2) is 35.2 Å². The van der Waals surface area contributed by atoms with E-state index in [0.717, 1.165) is 11.2 Å². The smallest absolute Gasteiger partial charge is 0.302 e. The monoisotopic (exact) mass is 478 g/mol. The lowest BCUT2D eigenvalue weighted by Gasteiger charge is -2.30. The number of ether oxygens (including phenoxy) is 4. The third-order valence-electron chi connectivity index (χ3n) is 5.13. The van der Waals surface area contributed by atoms with Crippen molar-refractivity contribution in [2.24, 2.45) is 5.73 Å². The van der Waals surface area contributed by atoms with Crippen LogP contribution in [0.3, 0.4) is 0 Å². The first-order chi connectivity index (χ1) is 15.5. The van der Waals surface area contributed by atoms with Crippen molar-refractivity contribution in [3.8, 4) is 17.2 Å². The second-order valence-electron chi connectivity index (χ2n) is 7.55. The molecule has 0 saturated carbocycles. The van der Waals surface area contributed by atoms with Crippen LogP contribution >= 0.6 is 0 Å². The third kappa shape index (κ3) is 5.20. The SMILES string of the molecule is COc1cc(C)c(S(=O)(=O)N(Cc2ccc3c(c2)OCO3)C(COC(C)=O)C(N)=O)c(C)c1. The molecular weight excluding hydrogens is 452 g/mol. The van der Waals surface area contributed by atoms with E-state index in [1.54, 1.807) is 44.2 Å². The van der Waals surface area contributed by atoms with Crippen LogP contribution < -0.4 is 19.9 Å². The zero-order chi connectivity index (χ0) is 24.3. The summed E-state index contributed by atoms with van der Waals surface area (Å²) in [5, 5.41) is 0. The predicted molar refractivity (Wildman–Crippen MR) is 117 cm³/mol. The van der Waals surface area contributed by atoms with Crippen molar-refractivity contribution in [1.82, 2.24) is 4.31 Å². The van der Waals surface area contributed by atoms with Crippen molar-refractivity contribution in [3.63, 3.8) is 0 Å². The van der Waals surface area contributed by atoms with Crippen LogP contribution in [0, 0.1) is 13.8 Å². The average Bonchev–Trinajstić information content (AvgIpc) is 3.19. The van der Waals surface area contributed by atoms with Crippen LogP contribution in [0.5, 0.6) is 17.2 Å². The number of hydrogen-bond acceptors (Lipinski definition) is 8. The highest BCUT2D eigenvalue weighted by Crippen LogP contribution is 2.35. The Labute approximate surface area is 192 Å². The molecule has 0 saturated heterocycles. The molecule has 2 aromatic carbocycles. The molecule has 0 aromatic heterocycles. The number of rotatable bonds is 9. The fourth-order valence-electron chi connectivity index (χ4n) is 3.64. The summed E-state index contributed by atoms with van der Waals surface area (Å²) in [5.74, 6) is -0.140. The number of amides is 1. The van der Waals surface area contributed by atoms with Crippen molar-refractivity contribution in [2.45, 2.75) is 38.3 Å². The number of carbonyl (C=O) groups excluding carboxylic acids is 2. The van der Waals surface area contributed by atoms with E-state index in [0.29, 0.717) is 33.9 Å². The second-order valence-corrected chi connectivity index (χ2v) is 9.38. The predicted octanol–water partition coefficient (Wildman–Crippen LogP) is 1.65. The Kier molecular flexibility index (Phi) is 7.13. The lowest BCUT2D eigenvalue weighted by atomic mass is 10.1. The van der Waals surface area contributed by atoms with Crippen LogP contribution in [0.2, 0.25) is 0 Å². The number of benzene rings is 2. The van der Waals surface area contributed by atoms with Crippen LogP contribution in [0.4, 0.5) is 0 Å². The van der Waals surface area contributed by atoms with E-state index in [1.807, 2.05) is 0 Å². The van der Waals surface area contributed by atoms with E-state index in [1.165, 1.54) is 7.11 Å². The van der Waals surface area contributed by atoms with Crippen molar-refractivity contribution >= 4 is 21.9 Å². The number of aryl methyl sites for hydroxylation is 2. The molecule has 0 bridgehead atoms. The summed E-state index contributed by atoms with van der Waals surface area (Å²) in [5.41, 5.74) is 6.95. The standard InChI is InChI=1S/C22H26N2O8S/c1-13-7-17(29-4)8-14(2)21(13)33(27,28)24(18(22(23)26)11-30-15(3)25)10-16-5-6-19-20(9-16)32-12-31-19/h5-9,18H,10-12H2,1-4H3,(H2,23,26). The van der Waals surface area contributed by atoms with Gasteiger partial charge in [0.1, 0.15) is 18.4 Å². The quantitative estimate of drug-likeness (QED) is 0.538. The molecule has 2 N–H and O–H groups in total. The van der Waals surface area contributed by atoms with E-state index in [9.17, 15) is 18.0 Å². The molecule has 0 fully saturated rings. The zero-order valence-electron chi connectivity index (χ0n) is 18.8. The third-order valence-corrected chi connectivity index (χ3v) is 7.29. The summed E-state index contributed by atoms with van der Waals surface area (Å²) < 4.78 is 49.6. The highest BCUT2D eigenvalue weighted by Gasteiger charge is 2.38. The minimum absolute atomic E-state index is 0.0121. The number of methoxy groups -OCH3 is 1. The molecule has 2 aromatic rings. The van der Waals surface area contributed by atoms with E-state index in [2.05, 4.69) is 0 Å². The Balaban J connectivity index is 2.10. The minimum atomic E-state index is -4.28. The second kappa shape index (κ2) is 9.67. The van der Waals surface area contributed by atoms with Gasteiger partial charge in [0, 0.05) is 13.5 Å². The number of nitrogens with two attached hydrogens (primary N) is 1. The molecule has 1 amide bonds. The van der Waals surface area contributed by atoms with Gasteiger partial charge < -0.3 is 24.7 Å². The Bertz CT molecular complexity index is 1160. The van der Waals surface area contributed by atoms with Gasteiger partial charge in [-0.05, 0) is 54.8 Å². The average molecular weight is 479 g/mol. The molecule has 178 valence electrons. The summed E-state index contributed by atoms with van der Waals surface area (Å²) in [4.78, 5) is 23.7. The Hall–Kier alpha value is -3.31. The van der Waals surface area contributed by atoms with Gasteiger partial charge in [-0.2, -0.15) is 4.31 Å². The molecule has 0 aliphatic carbocycles. The first kappa shape index (κ1) is 24.3. The van der Waals surface area contributed by atoms with Crippen LogP contribution in [0.1, 0.15) is 23.6 Å². The van der Waals surface area contributed by atoms with Crippen LogP contribution in [-0.4, -0.2) is 51.2 Å². The maximum absolute atomic E-state index is 13.9. The molecule has 1 aliphatic rings. The molecule has 1 aliphatic heterocycles. The number of nitrogens with zero attached hydrogens (tertiary/aromatic N) is 1. The van der Waals surface area contributed by atoms with E-state index >= 15 is 0 Å². The first-order valence-corrected chi connectivity index (χ1v) is 11.5. The van der Waals surface area contributed by atoms with Gasteiger partial charge in [-0.15, -0.1) is 0 Å². The molecule has 33 heavy (non-hydrogen) atoms. The molecule has 1 atom stereocenters. The summed E-state index contributed by atoms with van der Waals surface area (Å²) >= 11 is 0. The van der Waals surface area contributed by atoms with Crippen LogP contribution in [0.25, 0.3) is 0 Å². The van der Waals surface area contributed by atoms with E-state index in [-0.39, 0.29) is 18.2 Å². The first-order valence-electron chi connectivity index (χ1n) is 10.0. The molecule has 1 unspecified atom stereocenters. The van der Waals surface area contributed by atoms with Gasteiger partial charge >= 0.3 is 5.97 Å². The maximum atomic E-state index is 13.9. The van der Waals surface area contributed by atoms with E-state index in [4.69, 9.17) is 24.7 Å². The van der Waals surface area contributed by atoms with Crippen molar-refractivity contribution in [2.75, 3.05) is 20.5 Å². The maximum Gasteiger partial charge on any atom is 0.302 e. The molecule has 0 radical (unpaired) electrons. The van der Waals surface area contributed by atoms with Gasteiger partial charge in [0.25, 0.3) is 0 Å². The van der Waals surface area contributed by atoms with Gasteiger partial charge in [0.15, 0.2) is 11.5 Å². The molecule has 10 nitrogen and oxygen atoms in total. The van der Waals surface area contributed by atoms with Crippen molar-refractivity contribution in [3.05, 3.63) is 47.0 Å². The molecule has 11 heteroatoms. The Morgan fingerprint density at radius 3 is 2.33 bits per heavy atom. The fourth-order valence-corrected chi connectivity index (χ4v) is 5.62. The number of esters is 1. The van der Waals surface area contributed by atoms with Gasteiger partial charge in [0.2, 0.25) is 22.7 Å². The molecule has 1 heterocycles. The van der Waals surface area contributed by atoms with Crippen LogP contribution in [-0.2, 0) is 30.9 Å². The summed E-state index contributed by atoms with van der Waals surface area (Å²) in [6, 6.07) is 6.67. The van der Waals surface area contributed by atoms with Gasteiger partial charge in [0.05, 0.1) is 12.0 Å². The van der Waals surface area contributed by atoms with Gasteiger partial charge in [-0.1, -0.05) is 6.07 Å². The molecular formula is C22H26N2O8S. The highest BCUT2D eigenvalue weighted by atomic mass is 32.2. The lowest BCUT2D eigenvalue weighted by Crippen LogP contribution is -2.50. The van der Waals surface area contributed by atoms with Crippen molar-refractivity contribution in [1.29, 1.82) is 0 Å². The summed E-state index contributed by atoms with van der Waals surface area (Å²) in [6.07, 6.45) is 0. The normalized spacial score (nSPS) is 13.6. The largest absolute Gasteiger partial charge is 0.497 e.